The summed E-state index contributed by atoms with van der Waals surface area (Å²) in [4.78, 5) is 20.6. The van der Waals surface area contributed by atoms with E-state index in [-0.39, 0.29) is 17.5 Å². The highest BCUT2D eigenvalue weighted by molar-refractivity contribution is 5.93. The monoisotopic (exact) mass is 362 g/mol. The summed E-state index contributed by atoms with van der Waals surface area (Å²) in [5, 5.41) is 2.85. The number of amides is 1. The maximum absolute atomic E-state index is 13.7. The number of nitrogens with two attached hydrogens (primary N) is 1. The average molecular weight is 362 g/mol. The quantitative estimate of drug-likeness (QED) is 0.682. The van der Waals surface area contributed by atoms with Crippen LogP contribution in [0, 0.1) is 18.7 Å². The first-order chi connectivity index (χ1) is 13.0. The van der Waals surface area contributed by atoms with E-state index in [1.807, 2.05) is 25.1 Å². The number of nitrogen functional groups attached to an aromatic ring is 1. The fourth-order valence-corrected chi connectivity index (χ4v) is 2.99. The van der Waals surface area contributed by atoms with Gasteiger partial charge in [-0.25, -0.2) is 9.37 Å². The van der Waals surface area contributed by atoms with Crippen LogP contribution in [0.25, 0.3) is 22.4 Å². The molecule has 0 atom stereocenters. The van der Waals surface area contributed by atoms with Crippen LogP contribution in [0.3, 0.4) is 0 Å². The van der Waals surface area contributed by atoms with Gasteiger partial charge in [0.25, 0.3) is 0 Å². The Balaban J connectivity index is 1.67. The second-order valence-electron chi connectivity index (χ2n) is 6.81. The van der Waals surface area contributed by atoms with Crippen LogP contribution >= 0.6 is 0 Å². The van der Waals surface area contributed by atoms with Gasteiger partial charge in [0, 0.05) is 23.9 Å². The second-order valence-corrected chi connectivity index (χ2v) is 6.81. The van der Waals surface area contributed by atoms with Crippen molar-refractivity contribution in [2.24, 2.45) is 5.92 Å². The summed E-state index contributed by atoms with van der Waals surface area (Å²) >= 11 is 0. The van der Waals surface area contributed by atoms with Crippen molar-refractivity contribution < 1.29 is 9.18 Å². The molecule has 6 heteroatoms. The zero-order valence-electron chi connectivity index (χ0n) is 14.9. The fourth-order valence-electron chi connectivity index (χ4n) is 2.99. The lowest BCUT2D eigenvalue weighted by atomic mass is 9.99. The van der Waals surface area contributed by atoms with Gasteiger partial charge in [0.15, 0.2) is 0 Å². The smallest absolute Gasteiger partial charge is 0.228 e. The highest BCUT2D eigenvalue weighted by atomic mass is 19.1. The van der Waals surface area contributed by atoms with Crippen molar-refractivity contribution in [2.75, 3.05) is 11.1 Å². The van der Waals surface area contributed by atoms with E-state index in [1.165, 1.54) is 6.07 Å². The molecular weight excluding hydrogens is 343 g/mol. The molecule has 0 aliphatic heterocycles. The number of carbonyl (C=O) groups excluding carboxylic acids is 1. The third-order valence-electron chi connectivity index (χ3n) is 4.67. The van der Waals surface area contributed by atoms with E-state index in [0.29, 0.717) is 5.82 Å². The van der Waals surface area contributed by atoms with Crippen LogP contribution < -0.4 is 11.1 Å². The minimum atomic E-state index is -0.421. The predicted molar refractivity (Wildman–Crippen MR) is 103 cm³/mol. The standard InChI is InChI=1S/C21H19FN4O/c1-12-8-17(22)18(23)11-16(12)14-4-6-24-19(9-14)15-5-7-25-20(10-15)26-21(27)13-2-3-13/h4-11,13H,2-3,23H2,1H3,(H,25,26,27). The minimum absolute atomic E-state index is 0.0128. The van der Waals surface area contributed by atoms with Crippen molar-refractivity contribution in [1.29, 1.82) is 0 Å². The third-order valence-corrected chi connectivity index (χ3v) is 4.67. The summed E-state index contributed by atoms with van der Waals surface area (Å²) in [7, 11) is 0. The first-order valence-corrected chi connectivity index (χ1v) is 8.80. The van der Waals surface area contributed by atoms with Gasteiger partial charge in [0.2, 0.25) is 5.91 Å². The van der Waals surface area contributed by atoms with Crippen LogP contribution in [0.15, 0.2) is 48.8 Å². The van der Waals surface area contributed by atoms with E-state index in [0.717, 1.165) is 40.8 Å². The normalized spacial score (nSPS) is 13.4. The first kappa shape index (κ1) is 17.1. The molecule has 136 valence electrons. The summed E-state index contributed by atoms with van der Waals surface area (Å²) in [5.74, 6) is 0.220. The molecule has 3 aromatic rings. The van der Waals surface area contributed by atoms with Crippen LogP contribution in [0.5, 0.6) is 0 Å². The Morgan fingerprint density at radius 2 is 1.85 bits per heavy atom. The van der Waals surface area contributed by atoms with Crippen LogP contribution in [0.1, 0.15) is 18.4 Å². The molecule has 0 spiro atoms. The average Bonchev–Trinajstić information content (AvgIpc) is 3.50. The van der Waals surface area contributed by atoms with Gasteiger partial charge in [-0.3, -0.25) is 9.78 Å². The molecule has 1 aromatic carbocycles. The molecule has 1 amide bonds. The van der Waals surface area contributed by atoms with Gasteiger partial charge in [0.05, 0.1) is 11.4 Å². The molecule has 27 heavy (non-hydrogen) atoms. The van der Waals surface area contributed by atoms with Crippen molar-refractivity contribution in [3.05, 3.63) is 60.2 Å². The van der Waals surface area contributed by atoms with E-state index >= 15 is 0 Å². The Morgan fingerprint density at radius 3 is 2.63 bits per heavy atom. The number of hydrogen-bond donors (Lipinski definition) is 2. The fraction of sp³-hybridized carbons (Fsp3) is 0.190. The molecular formula is C21H19FN4O. The van der Waals surface area contributed by atoms with Gasteiger partial charge in [-0.15, -0.1) is 0 Å². The zero-order chi connectivity index (χ0) is 19.0. The Morgan fingerprint density at radius 1 is 1.11 bits per heavy atom. The number of nitrogens with zero attached hydrogens (tertiary/aromatic N) is 2. The summed E-state index contributed by atoms with van der Waals surface area (Å²) in [6, 6.07) is 10.5. The molecule has 2 aromatic heterocycles. The van der Waals surface area contributed by atoms with E-state index < -0.39 is 5.82 Å². The van der Waals surface area contributed by atoms with Crippen molar-refractivity contribution in [3.63, 3.8) is 0 Å². The van der Waals surface area contributed by atoms with Gasteiger partial charge in [0.1, 0.15) is 11.6 Å². The third kappa shape index (κ3) is 3.65. The Bertz CT molecular complexity index is 1030. The van der Waals surface area contributed by atoms with E-state index in [2.05, 4.69) is 15.3 Å². The molecule has 1 aliphatic carbocycles. The molecule has 1 fully saturated rings. The molecule has 5 nitrogen and oxygen atoms in total. The lowest BCUT2D eigenvalue weighted by Gasteiger charge is -2.10. The first-order valence-electron chi connectivity index (χ1n) is 8.80. The van der Waals surface area contributed by atoms with Gasteiger partial charge in [-0.05, 0) is 72.9 Å². The van der Waals surface area contributed by atoms with Crippen LogP contribution in [-0.2, 0) is 4.79 Å². The molecule has 2 heterocycles. The second kappa shape index (κ2) is 6.79. The van der Waals surface area contributed by atoms with Gasteiger partial charge in [-0.2, -0.15) is 0 Å². The SMILES string of the molecule is Cc1cc(F)c(N)cc1-c1ccnc(-c2ccnc(NC(=O)C3CC3)c2)c1. The molecule has 0 saturated heterocycles. The van der Waals surface area contributed by atoms with Crippen molar-refractivity contribution in [1.82, 2.24) is 9.97 Å². The van der Waals surface area contributed by atoms with Gasteiger partial charge >= 0.3 is 0 Å². The van der Waals surface area contributed by atoms with Gasteiger partial charge in [-0.1, -0.05) is 0 Å². The molecule has 0 radical (unpaired) electrons. The van der Waals surface area contributed by atoms with E-state index in [9.17, 15) is 9.18 Å². The van der Waals surface area contributed by atoms with E-state index in [1.54, 1.807) is 24.5 Å². The number of rotatable bonds is 4. The number of hydrogen-bond acceptors (Lipinski definition) is 4. The van der Waals surface area contributed by atoms with Crippen LogP contribution in [0.2, 0.25) is 0 Å². The molecule has 4 rings (SSSR count). The molecule has 0 unspecified atom stereocenters. The Labute approximate surface area is 156 Å². The van der Waals surface area contributed by atoms with E-state index in [4.69, 9.17) is 5.73 Å². The maximum Gasteiger partial charge on any atom is 0.228 e. The number of carbonyl (C=O) groups is 1. The maximum atomic E-state index is 13.7. The van der Waals surface area contributed by atoms with Crippen molar-refractivity contribution in [3.8, 4) is 22.4 Å². The highest BCUT2D eigenvalue weighted by Crippen LogP contribution is 2.32. The number of anilines is 2. The van der Waals surface area contributed by atoms with Crippen molar-refractivity contribution >= 4 is 17.4 Å². The highest BCUT2D eigenvalue weighted by Gasteiger charge is 2.29. The number of aryl methyl sites for hydroxylation is 1. The molecule has 1 aliphatic rings. The number of halogens is 1. The molecule has 0 bridgehead atoms. The number of aromatic nitrogens is 2. The lowest BCUT2D eigenvalue weighted by molar-refractivity contribution is -0.117. The Hall–Kier alpha value is -3.28. The summed E-state index contributed by atoms with van der Waals surface area (Å²) in [5.41, 5.74) is 9.97. The number of nitrogens with one attached hydrogen (secondary N) is 1. The predicted octanol–water partition coefficient (Wildman–Crippen LogP) is 4.19. The number of pyridine rings is 2. The topological polar surface area (TPSA) is 80.9 Å². The summed E-state index contributed by atoms with van der Waals surface area (Å²) < 4.78 is 13.7. The van der Waals surface area contributed by atoms with Gasteiger partial charge < -0.3 is 11.1 Å². The van der Waals surface area contributed by atoms with Crippen LogP contribution in [0.4, 0.5) is 15.9 Å². The number of benzene rings is 1. The minimum Gasteiger partial charge on any atom is -0.396 e. The largest absolute Gasteiger partial charge is 0.396 e. The zero-order valence-corrected chi connectivity index (χ0v) is 14.9. The summed E-state index contributed by atoms with van der Waals surface area (Å²) in [6.07, 6.45) is 5.23. The molecule has 3 N–H and O–H groups in total. The molecule has 1 saturated carbocycles. The Kier molecular flexibility index (Phi) is 4.32. The van der Waals surface area contributed by atoms with Crippen LogP contribution in [-0.4, -0.2) is 15.9 Å². The summed E-state index contributed by atoms with van der Waals surface area (Å²) in [6.45, 7) is 1.84. The van der Waals surface area contributed by atoms with Crippen molar-refractivity contribution in [2.45, 2.75) is 19.8 Å². The lowest BCUT2D eigenvalue weighted by Crippen LogP contribution is -2.14.